The van der Waals surface area contributed by atoms with Gasteiger partial charge in [0, 0.05) is 17.8 Å². The van der Waals surface area contributed by atoms with E-state index in [4.69, 9.17) is 0 Å². The lowest BCUT2D eigenvalue weighted by Crippen LogP contribution is -2.70. The SMILES string of the molecule is CCCC[C@@]1(C)C(=O)CC[C@H]2[C@@H]3CC[C@](O)(C(C)=O)[C@@]3(C)C[C@H](O)C21F. The van der Waals surface area contributed by atoms with Gasteiger partial charge in [-0.3, -0.25) is 9.59 Å². The molecule has 4 nitrogen and oxygen atoms in total. The van der Waals surface area contributed by atoms with Crippen molar-refractivity contribution in [2.45, 2.75) is 96.4 Å². The van der Waals surface area contributed by atoms with Gasteiger partial charge in [0.1, 0.15) is 11.4 Å². The van der Waals surface area contributed by atoms with Gasteiger partial charge in [-0.2, -0.15) is 0 Å². The Morgan fingerprint density at radius 1 is 1.27 bits per heavy atom. The van der Waals surface area contributed by atoms with Crippen LogP contribution < -0.4 is 0 Å². The van der Waals surface area contributed by atoms with Crippen LogP contribution in [0.25, 0.3) is 0 Å². The maximum atomic E-state index is 16.7. The van der Waals surface area contributed by atoms with Gasteiger partial charge in [0.25, 0.3) is 0 Å². The molecule has 148 valence electrons. The van der Waals surface area contributed by atoms with Gasteiger partial charge in [-0.1, -0.05) is 26.7 Å². The standard InChI is InChI=1S/C21H33FO4/c1-5-6-10-18(3)16(24)8-7-15-14-9-11-20(26,13(2)23)19(14,4)12-17(25)21(15,18)22/h14-15,17,25-26H,5-12H2,1-4H3/t14-,15-,17-,18-,19-,20-,21?/m0/s1. The van der Waals surface area contributed by atoms with E-state index in [0.29, 0.717) is 32.1 Å². The first-order chi connectivity index (χ1) is 12.0. The lowest BCUT2D eigenvalue weighted by Gasteiger charge is -2.61. The summed E-state index contributed by atoms with van der Waals surface area (Å²) in [6.07, 6.45) is 2.30. The maximum Gasteiger partial charge on any atom is 0.161 e. The monoisotopic (exact) mass is 368 g/mol. The number of Topliss-reactive ketones (excluding diaryl/α,β-unsaturated/α-hetero) is 2. The second kappa shape index (κ2) is 6.10. The zero-order chi connectivity index (χ0) is 19.5. The number of hydrogen-bond acceptors (Lipinski definition) is 4. The van der Waals surface area contributed by atoms with E-state index in [0.717, 1.165) is 12.8 Å². The number of halogens is 1. The molecule has 26 heavy (non-hydrogen) atoms. The fourth-order valence-corrected chi connectivity index (χ4v) is 6.73. The molecule has 7 atom stereocenters. The minimum Gasteiger partial charge on any atom is -0.390 e. The summed E-state index contributed by atoms with van der Waals surface area (Å²) in [6, 6.07) is 0. The Morgan fingerprint density at radius 3 is 2.50 bits per heavy atom. The molecule has 0 aromatic rings. The molecule has 0 aromatic heterocycles. The minimum atomic E-state index is -1.98. The number of carbonyl (C=O) groups is 2. The van der Waals surface area contributed by atoms with Crippen molar-refractivity contribution in [3.05, 3.63) is 0 Å². The fourth-order valence-electron chi connectivity index (χ4n) is 6.73. The van der Waals surface area contributed by atoms with Crippen molar-refractivity contribution in [3.8, 4) is 0 Å². The van der Waals surface area contributed by atoms with E-state index >= 15 is 4.39 Å². The van der Waals surface area contributed by atoms with E-state index in [-0.39, 0.29) is 23.9 Å². The van der Waals surface area contributed by atoms with Gasteiger partial charge >= 0.3 is 0 Å². The van der Waals surface area contributed by atoms with E-state index in [1.807, 2.05) is 13.8 Å². The lowest BCUT2D eigenvalue weighted by atomic mass is 9.45. The molecule has 3 aliphatic carbocycles. The van der Waals surface area contributed by atoms with Gasteiger partial charge in [0.15, 0.2) is 11.5 Å². The summed E-state index contributed by atoms with van der Waals surface area (Å²) in [6.45, 7) is 6.91. The number of hydrogen-bond donors (Lipinski definition) is 2. The maximum absolute atomic E-state index is 16.7. The normalized spacial score (nSPS) is 51.0. The van der Waals surface area contributed by atoms with Crippen molar-refractivity contribution in [2.75, 3.05) is 0 Å². The summed E-state index contributed by atoms with van der Waals surface area (Å²) in [5, 5.41) is 22.1. The number of aliphatic hydroxyl groups excluding tert-OH is 1. The van der Waals surface area contributed by atoms with Gasteiger partial charge in [-0.15, -0.1) is 0 Å². The number of carbonyl (C=O) groups excluding carboxylic acids is 2. The molecular weight excluding hydrogens is 335 g/mol. The Labute approximate surface area is 155 Å². The Hall–Kier alpha value is -0.810. The molecule has 0 bridgehead atoms. The lowest BCUT2D eigenvalue weighted by molar-refractivity contribution is -0.231. The van der Waals surface area contributed by atoms with Crippen molar-refractivity contribution in [2.24, 2.45) is 22.7 Å². The van der Waals surface area contributed by atoms with Crippen LogP contribution in [0, 0.1) is 22.7 Å². The fraction of sp³-hybridized carbons (Fsp3) is 0.905. The zero-order valence-corrected chi connectivity index (χ0v) is 16.5. The summed E-state index contributed by atoms with van der Waals surface area (Å²) < 4.78 is 16.7. The van der Waals surface area contributed by atoms with Crippen LogP contribution in [0.15, 0.2) is 0 Å². The molecule has 3 aliphatic rings. The molecule has 2 N–H and O–H groups in total. The number of alkyl halides is 1. The Bertz CT molecular complexity index is 621. The van der Waals surface area contributed by atoms with Crippen LogP contribution >= 0.6 is 0 Å². The third-order valence-electron chi connectivity index (χ3n) is 8.46. The summed E-state index contributed by atoms with van der Waals surface area (Å²) >= 11 is 0. The quantitative estimate of drug-likeness (QED) is 0.798. The molecule has 1 unspecified atom stereocenters. The smallest absolute Gasteiger partial charge is 0.161 e. The van der Waals surface area contributed by atoms with E-state index in [9.17, 15) is 19.8 Å². The molecule has 0 amide bonds. The molecular formula is C21H33FO4. The van der Waals surface area contributed by atoms with E-state index in [2.05, 4.69) is 0 Å². The van der Waals surface area contributed by atoms with Crippen LogP contribution in [0.2, 0.25) is 0 Å². The summed E-state index contributed by atoms with van der Waals surface area (Å²) in [5.41, 5.74) is -5.53. The molecule has 5 heteroatoms. The number of unbranched alkanes of at least 4 members (excludes halogenated alkanes) is 1. The van der Waals surface area contributed by atoms with Crippen molar-refractivity contribution in [3.63, 3.8) is 0 Å². The average molecular weight is 368 g/mol. The number of ketones is 2. The molecule has 0 heterocycles. The second-order valence-corrected chi connectivity index (χ2v) is 9.47. The average Bonchev–Trinajstić information content (AvgIpc) is 2.84. The van der Waals surface area contributed by atoms with Crippen molar-refractivity contribution in [1.29, 1.82) is 0 Å². The Kier molecular flexibility index (Phi) is 4.68. The first kappa shape index (κ1) is 19.9. The van der Waals surface area contributed by atoms with Gasteiger partial charge in [0.05, 0.1) is 11.5 Å². The van der Waals surface area contributed by atoms with Gasteiger partial charge in [0.2, 0.25) is 0 Å². The van der Waals surface area contributed by atoms with E-state index in [1.165, 1.54) is 6.92 Å². The predicted octanol–water partition coefficient (Wildman–Crippen LogP) is 3.37. The Morgan fingerprint density at radius 2 is 1.92 bits per heavy atom. The first-order valence-electron chi connectivity index (χ1n) is 10.1. The molecule has 0 aliphatic heterocycles. The third-order valence-corrected chi connectivity index (χ3v) is 8.46. The zero-order valence-electron chi connectivity index (χ0n) is 16.5. The Balaban J connectivity index is 2.07. The molecule has 0 aromatic carbocycles. The summed E-state index contributed by atoms with van der Waals surface area (Å²) in [4.78, 5) is 25.0. The number of aliphatic hydroxyl groups is 2. The van der Waals surface area contributed by atoms with Crippen LogP contribution in [-0.2, 0) is 9.59 Å². The van der Waals surface area contributed by atoms with Crippen LogP contribution in [0.3, 0.4) is 0 Å². The number of rotatable bonds is 4. The van der Waals surface area contributed by atoms with Crippen molar-refractivity contribution in [1.82, 2.24) is 0 Å². The molecule has 3 fully saturated rings. The highest BCUT2D eigenvalue weighted by Crippen LogP contribution is 2.68. The molecule has 0 spiro atoms. The van der Waals surface area contributed by atoms with Crippen LogP contribution in [0.5, 0.6) is 0 Å². The summed E-state index contributed by atoms with van der Waals surface area (Å²) in [7, 11) is 0. The highest BCUT2D eigenvalue weighted by atomic mass is 19.1. The van der Waals surface area contributed by atoms with E-state index in [1.54, 1.807) is 6.92 Å². The molecule has 3 rings (SSSR count). The van der Waals surface area contributed by atoms with Crippen LogP contribution in [-0.4, -0.2) is 39.2 Å². The highest BCUT2D eigenvalue weighted by Gasteiger charge is 2.74. The van der Waals surface area contributed by atoms with Gasteiger partial charge < -0.3 is 10.2 Å². The molecule has 0 saturated heterocycles. The highest BCUT2D eigenvalue weighted by molar-refractivity contribution is 5.88. The number of fused-ring (bicyclic) bond motifs is 3. The minimum absolute atomic E-state index is 0.0236. The topological polar surface area (TPSA) is 74.6 Å². The second-order valence-electron chi connectivity index (χ2n) is 9.47. The van der Waals surface area contributed by atoms with Gasteiger partial charge in [-0.05, 0) is 51.9 Å². The van der Waals surface area contributed by atoms with Gasteiger partial charge in [-0.25, -0.2) is 4.39 Å². The molecule has 0 radical (unpaired) electrons. The predicted molar refractivity (Wildman–Crippen MR) is 96.3 cm³/mol. The third kappa shape index (κ3) is 2.19. The van der Waals surface area contributed by atoms with E-state index < -0.39 is 34.1 Å². The summed E-state index contributed by atoms with van der Waals surface area (Å²) in [5.74, 6) is -1.09. The largest absolute Gasteiger partial charge is 0.390 e. The van der Waals surface area contributed by atoms with Crippen molar-refractivity contribution < 1.29 is 24.2 Å². The van der Waals surface area contributed by atoms with Crippen LogP contribution in [0.4, 0.5) is 4.39 Å². The van der Waals surface area contributed by atoms with Crippen LogP contribution in [0.1, 0.15) is 79.1 Å². The molecule has 3 saturated carbocycles. The first-order valence-corrected chi connectivity index (χ1v) is 10.1. The van der Waals surface area contributed by atoms with Crippen molar-refractivity contribution >= 4 is 11.6 Å².